The lowest BCUT2D eigenvalue weighted by Gasteiger charge is -2.11. The number of rotatable bonds is 5. The summed E-state index contributed by atoms with van der Waals surface area (Å²) in [6, 6.07) is 10.7. The first-order chi connectivity index (χ1) is 9.65. The van der Waals surface area contributed by atoms with Gasteiger partial charge in [0.2, 0.25) is 0 Å². The summed E-state index contributed by atoms with van der Waals surface area (Å²) in [7, 11) is 0. The Labute approximate surface area is 127 Å². The third kappa shape index (κ3) is 3.26. The summed E-state index contributed by atoms with van der Waals surface area (Å²) < 4.78 is 28.8. The molecule has 0 aliphatic rings. The lowest BCUT2D eigenvalue weighted by molar-refractivity contribution is 0.542. The van der Waals surface area contributed by atoms with Crippen LogP contribution in [-0.4, -0.2) is 0 Å². The zero-order valence-corrected chi connectivity index (χ0v) is 13.0. The molecule has 20 heavy (non-hydrogen) atoms. The summed E-state index contributed by atoms with van der Waals surface area (Å²) >= 11 is 3.27. The van der Waals surface area contributed by atoms with Crippen molar-refractivity contribution in [3.63, 3.8) is 0 Å². The minimum Gasteiger partial charge on any atom is -0.207 e. The van der Waals surface area contributed by atoms with Gasteiger partial charge in [-0.15, -0.1) is 0 Å². The fourth-order valence-electron chi connectivity index (χ4n) is 2.24. The molecule has 0 bridgehead atoms. The van der Waals surface area contributed by atoms with E-state index in [1.807, 2.05) is 30.3 Å². The number of unbranched alkanes of at least 4 members (excludes halogenated alkanes) is 2. The van der Waals surface area contributed by atoms with E-state index in [-0.39, 0.29) is 5.56 Å². The molecule has 0 aliphatic heterocycles. The lowest BCUT2D eigenvalue weighted by Crippen LogP contribution is -1.99. The molecule has 0 amide bonds. The Balaban J connectivity index is 2.39. The molecule has 0 fully saturated rings. The van der Waals surface area contributed by atoms with Gasteiger partial charge in [-0.25, -0.2) is 8.78 Å². The van der Waals surface area contributed by atoms with Gasteiger partial charge in [-0.2, -0.15) is 0 Å². The van der Waals surface area contributed by atoms with E-state index >= 15 is 0 Å². The maximum absolute atomic E-state index is 14.3. The van der Waals surface area contributed by atoms with Crippen molar-refractivity contribution in [3.8, 4) is 11.1 Å². The van der Waals surface area contributed by atoms with Gasteiger partial charge in [0.15, 0.2) is 0 Å². The van der Waals surface area contributed by atoms with Gasteiger partial charge < -0.3 is 0 Å². The predicted molar refractivity (Wildman–Crippen MR) is 82.7 cm³/mol. The molecule has 3 heteroatoms. The van der Waals surface area contributed by atoms with E-state index < -0.39 is 11.6 Å². The van der Waals surface area contributed by atoms with E-state index in [2.05, 4.69) is 22.9 Å². The highest BCUT2D eigenvalue weighted by Crippen LogP contribution is 2.34. The van der Waals surface area contributed by atoms with Gasteiger partial charge in [0.25, 0.3) is 0 Å². The minimum absolute atomic E-state index is 0.185. The molecule has 0 N–H and O–H groups in total. The smallest absolute Gasteiger partial charge is 0.144 e. The van der Waals surface area contributed by atoms with E-state index in [0.29, 0.717) is 16.5 Å². The maximum atomic E-state index is 14.3. The van der Waals surface area contributed by atoms with Crippen molar-refractivity contribution in [1.29, 1.82) is 0 Å². The van der Waals surface area contributed by atoms with E-state index in [1.165, 1.54) is 6.07 Å². The molecular weight excluding hydrogens is 322 g/mol. The molecule has 0 saturated carbocycles. The van der Waals surface area contributed by atoms with Crippen LogP contribution in [-0.2, 0) is 6.42 Å². The molecule has 2 rings (SSSR count). The predicted octanol–water partition coefficient (Wildman–Crippen LogP) is 6.13. The Hall–Kier alpha value is -1.22. The van der Waals surface area contributed by atoms with Crippen LogP contribution in [0.2, 0.25) is 0 Å². The van der Waals surface area contributed by atoms with Crippen molar-refractivity contribution in [1.82, 2.24) is 0 Å². The number of hydrogen-bond donors (Lipinski definition) is 0. The molecule has 0 atom stereocenters. The van der Waals surface area contributed by atoms with Gasteiger partial charge in [0.05, 0.1) is 4.47 Å². The summed E-state index contributed by atoms with van der Waals surface area (Å²) in [5.74, 6) is -0.930. The Bertz CT molecular complexity index is 579. The van der Waals surface area contributed by atoms with E-state index in [1.54, 1.807) is 0 Å². The van der Waals surface area contributed by atoms with Crippen LogP contribution in [0.3, 0.4) is 0 Å². The average Bonchev–Trinajstić information content (AvgIpc) is 2.47. The second-order valence-electron chi connectivity index (χ2n) is 4.84. The number of benzene rings is 2. The zero-order chi connectivity index (χ0) is 14.5. The number of halogens is 3. The van der Waals surface area contributed by atoms with Crippen molar-refractivity contribution in [2.24, 2.45) is 0 Å². The van der Waals surface area contributed by atoms with Gasteiger partial charge in [0, 0.05) is 11.1 Å². The maximum Gasteiger partial charge on any atom is 0.144 e. The molecule has 0 aromatic heterocycles. The standard InChI is InChI=1S/C17H17BrF2/c1-2-3-5-10-13-15(19)11-14(16(18)17(13)20)12-8-6-4-7-9-12/h4,6-9,11H,2-3,5,10H2,1H3. The van der Waals surface area contributed by atoms with Crippen LogP contribution in [0.1, 0.15) is 31.7 Å². The van der Waals surface area contributed by atoms with Gasteiger partial charge in [-0.3, -0.25) is 0 Å². The fraction of sp³-hybridized carbons (Fsp3) is 0.294. The minimum atomic E-state index is -0.472. The van der Waals surface area contributed by atoms with Gasteiger partial charge in [-0.05, 0) is 40.4 Å². The van der Waals surface area contributed by atoms with Crippen molar-refractivity contribution < 1.29 is 8.78 Å². The lowest BCUT2D eigenvalue weighted by atomic mass is 10.00. The van der Waals surface area contributed by atoms with Crippen LogP contribution < -0.4 is 0 Å². The summed E-state index contributed by atoms with van der Waals surface area (Å²) in [5.41, 5.74) is 1.54. The third-order valence-corrected chi connectivity index (χ3v) is 4.14. The quantitative estimate of drug-likeness (QED) is 0.454. The molecule has 0 aliphatic carbocycles. The summed E-state index contributed by atoms with van der Waals surface area (Å²) in [4.78, 5) is 0. The molecular formula is C17H17BrF2. The molecule has 0 spiro atoms. The van der Waals surface area contributed by atoms with Crippen LogP contribution in [0.15, 0.2) is 40.9 Å². The Morgan fingerprint density at radius 2 is 1.75 bits per heavy atom. The molecule has 2 aromatic rings. The summed E-state index contributed by atoms with van der Waals surface area (Å²) in [5, 5.41) is 0. The Morgan fingerprint density at radius 1 is 1.05 bits per heavy atom. The normalized spacial score (nSPS) is 10.8. The molecule has 0 nitrogen and oxygen atoms in total. The van der Waals surface area contributed by atoms with Crippen molar-refractivity contribution >= 4 is 15.9 Å². The van der Waals surface area contributed by atoms with E-state index in [4.69, 9.17) is 0 Å². The SMILES string of the molecule is CCCCCc1c(F)cc(-c2ccccc2)c(Br)c1F. The average molecular weight is 339 g/mol. The summed E-state index contributed by atoms with van der Waals surface area (Å²) in [6.07, 6.45) is 3.27. The first-order valence-electron chi connectivity index (χ1n) is 6.87. The van der Waals surface area contributed by atoms with Crippen LogP contribution in [0.4, 0.5) is 8.78 Å². The Morgan fingerprint density at radius 3 is 2.40 bits per heavy atom. The van der Waals surface area contributed by atoms with Crippen molar-refractivity contribution in [2.45, 2.75) is 32.6 Å². The van der Waals surface area contributed by atoms with Crippen LogP contribution >= 0.6 is 15.9 Å². The second kappa shape index (κ2) is 6.98. The topological polar surface area (TPSA) is 0 Å². The molecule has 0 heterocycles. The van der Waals surface area contributed by atoms with Gasteiger partial charge >= 0.3 is 0 Å². The largest absolute Gasteiger partial charge is 0.207 e. The van der Waals surface area contributed by atoms with Crippen LogP contribution in [0, 0.1) is 11.6 Å². The van der Waals surface area contributed by atoms with Crippen molar-refractivity contribution in [3.05, 3.63) is 58.1 Å². The molecule has 0 unspecified atom stereocenters. The highest BCUT2D eigenvalue weighted by atomic mass is 79.9. The monoisotopic (exact) mass is 338 g/mol. The molecule has 0 saturated heterocycles. The molecule has 2 aromatic carbocycles. The highest BCUT2D eigenvalue weighted by Gasteiger charge is 2.17. The molecule has 106 valence electrons. The van der Waals surface area contributed by atoms with Gasteiger partial charge in [0.1, 0.15) is 11.6 Å². The fourth-order valence-corrected chi connectivity index (χ4v) is 2.82. The third-order valence-electron chi connectivity index (χ3n) is 3.37. The van der Waals surface area contributed by atoms with E-state index in [0.717, 1.165) is 24.8 Å². The molecule has 0 radical (unpaired) electrons. The Kier molecular flexibility index (Phi) is 5.30. The van der Waals surface area contributed by atoms with Crippen molar-refractivity contribution in [2.75, 3.05) is 0 Å². The van der Waals surface area contributed by atoms with Crippen LogP contribution in [0.5, 0.6) is 0 Å². The summed E-state index contributed by atoms with van der Waals surface area (Å²) in [6.45, 7) is 2.07. The number of hydrogen-bond acceptors (Lipinski definition) is 0. The highest BCUT2D eigenvalue weighted by molar-refractivity contribution is 9.10. The first kappa shape index (κ1) is 15.2. The second-order valence-corrected chi connectivity index (χ2v) is 5.63. The van der Waals surface area contributed by atoms with Crippen LogP contribution in [0.25, 0.3) is 11.1 Å². The first-order valence-corrected chi connectivity index (χ1v) is 7.66. The van der Waals surface area contributed by atoms with E-state index in [9.17, 15) is 8.78 Å². The zero-order valence-electron chi connectivity index (χ0n) is 11.4. The van der Waals surface area contributed by atoms with Gasteiger partial charge in [-0.1, -0.05) is 50.1 Å².